The second-order valence-corrected chi connectivity index (χ2v) is 4.09. The molecule has 16 heavy (non-hydrogen) atoms. The Kier molecular flexibility index (Phi) is 4.19. The summed E-state index contributed by atoms with van der Waals surface area (Å²) in [6, 6.07) is 8.16. The molecule has 1 aliphatic heterocycles. The van der Waals surface area contributed by atoms with E-state index in [0.717, 1.165) is 38.3 Å². The molecule has 1 aromatic rings. The Balaban J connectivity index is 1.75. The molecule has 2 rings (SSSR count). The van der Waals surface area contributed by atoms with Gasteiger partial charge in [0.15, 0.2) is 0 Å². The summed E-state index contributed by atoms with van der Waals surface area (Å²) in [5, 5.41) is 3.29. The summed E-state index contributed by atoms with van der Waals surface area (Å²) in [6.45, 7) is 2.88. The molecule has 3 nitrogen and oxygen atoms in total. The van der Waals surface area contributed by atoms with Gasteiger partial charge in [-0.2, -0.15) is 0 Å². The van der Waals surface area contributed by atoms with Gasteiger partial charge in [0.05, 0.1) is 19.8 Å². The predicted molar refractivity (Wildman–Crippen MR) is 63.9 cm³/mol. The van der Waals surface area contributed by atoms with Gasteiger partial charge in [-0.05, 0) is 37.1 Å². The Morgan fingerprint density at radius 1 is 1.44 bits per heavy atom. The highest BCUT2D eigenvalue weighted by atomic mass is 16.5. The quantitative estimate of drug-likeness (QED) is 0.819. The van der Waals surface area contributed by atoms with Crippen LogP contribution in [0.1, 0.15) is 12.0 Å². The molecule has 0 bridgehead atoms. The maximum absolute atomic E-state index is 5.78. The van der Waals surface area contributed by atoms with Crippen molar-refractivity contribution in [1.29, 1.82) is 0 Å². The molecule has 1 unspecified atom stereocenters. The Bertz CT molecular complexity index is 321. The molecular weight excluding hydrogens is 202 g/mol. The number of methoxy groups -OCH3 is 1. The molecule has 1 aliphatic rings. The zero-order valence-corrected chi connectivity index (χ0v) is 9.74. The molecule has 0 radical (unpaired) electrons. The first-order valence-electron chi connectivity index (χ1n) is 5.84. The van der Waals surface area contributed by atoms with E-state index in [1.807, 2.05) is 12.1 Å². The highest BCUT2D eigenvalue weighted by Crippen LogP contribution is 2.13. The van der Waals surface area contributed by atoms with Gasteiger partial charge in [-0.3, -0.25) is 0 Å². The van der Waals surface area contributed by atoms with Crippen molar-refractivity contribution in [2.75, 3.05) is 26.8 Å². The molecule has 88 valence electrons. The van der Waals surface area contributed by atoms with E-state index in [4.69, 9.17) is 9.47 Å². The van der Waals surface area contributed by atoms with Gasteiger partial charge < -0.3 is 14.8 Å². The van der Waals surface area contributed by atoms with Crippen LogP contribution in [-0.2, 0) is 11.2 Å². The molecule has 1 aromatic carbocycles. The fourth-order valence-corrected chi connectivity index (χ4v) is 1.94. The topological polar surface area (TPSA) is 30.5 Å². The number of ether oxygens (including phenoxy) is 2. The van der Waals surface area contributed by atoms with Crippen molar-refractivity contribution in [3.63, 3.8) is 0 Å². The van der Waals surface area contributed by atoms with Gasteiger partial charge in [0.2, 0.25) is 0 Å². The molecule has 3 heteroatoms. The van der Waals surface area contributed by atoms with E-state index in [0.29, 0.717) is 6.10 Å². The van der Waals surface area contributed by atoms with Crippen molar-refractivity contribution in [2.24, 2.45) is 0 Å². The smallest absolute Gasteiger partial charge is 0.119 e. The first kappa shape index (κ1) is 11.4. The summed E-state index contributed by atoms with van der Waals surface area (Å²) in [5.74, 6) is 0.917. The highest BCUT2D eigenvalue weighted by Gasteiger charge is 2.13. The van der Waals surface area contributed by atoms with Crippen LogP contribution in [0.3, 0.4) is 0 Å². The molecule has 1 fully saturated rings. The molecule has 0 saturated carbocycles. The lowest BCUT2D eigenvalue weighted by molar-refractivity contribution is 0.0694. The normalized spacial score (nSPS) is 19.9. The van der Waals surface area contributed by atoms with Gasteiger partial charge in [-0.1, -0.05) is 12.1 Å². The third-order valence-electron chi connectivity index (χ3n) is 2.89. The number of hydrogen-bond donors (Lipinski definition) is 1. The largest absolute Gasteiger partial charge is 0.497 e. The first-order valence-corrected chi connectivity index (χ1v) is 5.84. The fraction of sp³-hybridized carbons (Fsp3) is 0.538. The second-order valence-electron chi connectivity index (χ2n) is 4.09. The highest BCUT2D eigenvalue weighted by molar-refractivity contribution is 5.28. The van der Waals surface area contributed by atoms with Crippen molar-refractivity contribution in [1.82, 2.24) is 5.32 Å². The average molecular weight is 221 g/mol. The summed E-state index contributed by atoms with van der Waals surface area (Å²) < 4.78 is 11.0. The van der Waals surface area contributed by atoms with E-state index in [1.54, 1.807) is 7.11 Å². The van der Waals surface area contributed by atoms with Crippen LogP contribution in [0.15, 0.2) is 24.3 Å². The number of benzene rings is 1. The van der Waals surface area contributed by atoms with Crippen molar-refractivity contribution in [2.45, 2.75) is 18.9 Å². The van der Waals surface area contributed by atoms with E-state index >= 15 is 0 Å². The Morgan fingerprint density at radius 2 is 2.38 bits per heavy atom. The van der Waals surface area contributed by atoms with Gasteiger partial charge in [0.25, 0.3) is 0 Å². The second kappa shape index (κ2) is 5.87. The van der Waals surface area contributed by atoms with E-state index in [9.17, 15) is 0 Å². The van der Waals surface area contributed by atoms with E-state index in [2.05, 4.69) is 17.4 Å². The third kappa shape index (κ3) is 3.22. The SMILES string of the molecule is COc1cccc(CCOC2CCNC2)c1. The van der Waals surface area contributed by atoms with Gasteiger partial charge in [-0.25, -0.2) is 0 Å². The maximum atomic E-state index is 5.78. The zero-order chi connectivity index (χ0) is 11.2. The molecule has 0 aliphatic carbocycles. The van der Waals surface area contributed by atoms with Crippen LogP contribution in [0, 0.1) is 0 Å². The van der Waals surface area contributed by atoms with E-state index in [1.165, 1.54) is 5.56 Å². The average Bonchev–Trinajstić information content (AvgIpc) is 2.82. The number of nitrogens with one attached hydrogen (secondary N) is 1. The van der Waals surface area contributed by atoms with Gasteiger partial charge >= 0.3 is 0 Å². The molecular formula is C13H19NO2. The minimum Gasteiger partial charge on any atom is -0.497 e. The van der Waals surface area contributed by atoms with Crippen LogP contribution in [0.5, 0.6) is 5.75 Å². The van der Waals surface area contributed by atoms with Crippen molar-refractivity contribution < 1.29 is 9.47 Å². The van der Waals surface area contributed by atoms with Crippen LogP contribution >= 0.6 is 0 Å². The lowest BCUT2D eigenvalue weighted by Gasteiger charge is -2.10. The van der Waals surface area contributed by atoms with Crippen molar-refractivity contribution >= 4 is 0 Å². The fourth-order valence-electron chi connectivity index (χ4n) is 1.94. The summed E-state index contributed by atoms with van der Waals surface area (Å²) in [6.07, 6.45) is 2.50. The summed E-state index contributed by atoms with van der Waals surface area (Å²) >= 11 is 0. The van der Waals surface area contributed by atoms with Crippen LogP contribution in [-0.4, -0.2) is 32.9 Å². The lowest BCUT2D eigenvalue weighted by atomic mass is 10.1. The molecule has 0 spiro atoms. The van der Waals surface area contributed by atoms with Crippen LogP contribution in [0.2, 0.25) is 0 Å². The molecule has 0 aromatic heterocycles. The summed E-state index contributed by atoms with van der Waals surface area (Å²) in [5.41, 5.74) is 1.27. The third-order valence-corrected chi connectivity index (χ3v) is 2.89. The zero-order valence-electron chi connectivity index (χ0n) is 9.74. The first-order chi connectivity index (χ1) is 7.88. The van der Waals surface area contributed by atoms with Crippen LogP contribution < -0.4 is 10.1 Å². The van der Waals surface area contributed by atoms with Gasteiger partial charge in [0.1, 0.15) is 5.75 Å². The number of hydrogen-bond acceptors (Lipinski definition) is 3. The molecule has 1 atom stereocenters. The monoisotopic (exact) mass is 221 g/mol. The lowest BCUT2D eigenvalue weighted by Crippen LogP contribution is -2.17. The Hall–Kier alpha value is -1.06. The Labute approximate surface area is 96.8 Å². The van der Waals surface area contributed by atoms with E-state index in [-0.39, 0.29) is 0 Å². The maximum Gasteiger partial charge on any atom is 0.119 e. The molecule has 0 amide bonds. The minimum atomic E-state index is 0.408. The van der Waals surface area contributed by atoms with Crippen molar-refractivity contribution in [3.05, 3.63) is 29.8 Å². The van der Waals surface area contributed by atoms with Crippen LogP contribution in [0.4, 0.5) is 0 Å². The predicted octanol–water partition coefficient (Wildman–Crippen LogP) is 1.62. The minimum absolute atomic E-state index is 0.408. The summed E-state index contributed by atoms with van der Waals surface area (Å²) in [7, 11) is 1.69. The van der Waals surface area contributed by atoms with Crippen LogP contribution in [0.25, 0.3) is 0 Å². The van der Waals surface area contributed by atoms with Crippen molar-refractivity contribution in [3.8, 4) is 5.75 Å². The molecule has 1 saturated heterocycles. The van der Waals surface area contributed by atoms with Gasteiger partial charge in [0, 0.05) is 6.54 Å². The van der Waals surface area contributed by atoms with Gasteiger partial charge in [-0.15, -0.1) is 0 Å². The molecule has 1 heterocycles. The summed E-state index contributed by atoms with van der Waals surface area (Å²) in [4.78, 5) is 0. The van der Waals surface area contributed by atoms with E-state index < -0.39 is 0 Å². The number of rotatable bonds is 5. The Morgan fingerprint density at radius 3 is 3.12 bits per heavy atom. The standard InChI is InChI=1S/C13H19NO2/c1-15-12-4-2-3-11(9-12)6-8-16-13-5-7-14-10-13/h2-4,9,13-14H,5-8,10H2,1H3. The molecule has 1 N–H and O–H groups in total.